The van der Waals surface area contributed by atoms with Gasteiger partial charge in [0.15, 0.2) is 5.78 Å². The Morgan fingerprint density at radius 3 is 1.94 bits per heavy atom. The first-order valence-corrected chi connectivity index (χ1v) is 7.30. The topological polar surface area (TPSA) is 71.4 Å². The van der Waals surface area contributed by atoms with Gasteiger partial charge < -0.3 is 0 Å². The molecule has 100 valence electrons. The van der Waals surface area contributed by atoms with Gasteiger partial charge in [0.1, 0.15) is 0 Å². The predicted octanol–water partition coefficient (Wildman–Crippen LogP) is 2.38. The van der Waals surface area contributed by atoms with Gasteiger partial charge in [0.25, 0.3) is 10.1 Å². The van der Waals surface area contributed by atoms with E-state index >= 15 is 0 Å². The molecule has 0 saturated heterocycles. The molecule has 0 aromatic heterocycles. The van der Waals surface area contributed by atoms with Crippen LogP contribution in [0, 0.1) is 27.7 Å². The van der Waals surface area contributed by atoms with Crippen LogP contribution in [-0.2, 0) is 10.1 Å². The van der Waals surface area contributed by atoms with E-state index in [4.69, 9.17) is 4.55 Å². The molecule has 0 unspecified atom stereocenters. The van der Waals surface area contributed by atoms with Gasteiger partial charge in [0.05, 0.1) is 5.75 Å². The molecule has 0 radical (unpaired) electrons. The summed E-state index contributed by atoms with van der Waals surface area (Å²) in [5.41, 5.74) is 4.34. The van der Waals surface area contributed by atoms with E-state index in [-0.39, 0.29) is 12.2 Å². The second-order valence-corrected chi connectivity index (χ2v) is 6.17. The Balaban J connectivity index is 3.14. The summed E-state index contributed by atoms with van der Waals surface area (Å²) in [5, 5.41) is 0. The Bertz CT molecular complexity index is 559. The van der Waals surface area contributed by atoms with Crippen LogP contribution in [0.2, 0.25) is 0 Å². The molecule has 0 bridgehead atoms. The molecule has 4 nitrogen and oxygen atoms in total. The number of Topliss-reactive ketones (excluding diaryl/α,β-unsaturated/α-hetero) is 1. The highest BCUT2D eigenvalue weighted by Gasteiger charge is 2.17. The summed E-state index contributed by atoms with van der Waals surface area (Å²) in [6, 6.07) is 2.00. The lowest BCUT2D eigenvalue weighted by atomic mass is 9.91. The number of ketones is 1. The van der Waals surface area contributed by atoms with Gasteiger partial charge in [-0.3, -0.25) is 9.35 Å². The maximum Gasteiger partial charge on any atom is 0.265 e. The third-order valence-electron chi connectivity index (χ3n) is 3.23. The van der Waals surface area contributed by atoms with Crippen molar-refractivity contribution in [2.75, 3.05) is 5.75 Å². The fourth-order valence-corrected chi connectivity index (χ4v) is 2.43. The Labute approximate surface area is 108 Å². The average molecular weight is 270 g/mol. The summed E-state index contributed by atoms with van der Waals surface area (Å²) in [7, 11) is -4.09. The molecule has 0 fully saturated rings. The van der Waals surface area contributed by atoms with E-state index in [0.717, 1.165) is 22.3 Å². The van der Waals surface area contributed by atoms with Gasteiger partial charge in [-0.1, -0.05) is 6.07 Å². The van der Waals surface area contributed by atoms with Crippen LogP contribution in [0.4, 0.5) is 0 Å². The highest BCUT2D eigenvalue weighted by molar-refractivity contribution is 7.85. The molecule has 0 aliphatic rings. The van der Waals surface area contributed by atoms with Gasteiger partial charge >= 0.3 is 0 Å². The first-order valence-electron chi connectivity index (χ1n) is 5.69. The predicted molar refractivity (Wildman–Crippen MR) is 70.8 cm³/mol. The van der Waals surface area contributed by atoms with Crippen molar-refractivity contribution in [2.45, 2.75) is 34.1 Å². The first kappa shape index (κ1) is 14.9. The zero-order chi connectivity index (χ0) is 14.1. The van der Waals surface area contributed by atoms with Crippen LogP contribution in [0.15, 0.2) is 6.07 Å². The number of benzene rings is 1. The summed E-state index contributed by atoms with van der Waals surface area (Å²) < 4.78 is 30.0. The van der Waals surface area contributed by atoms with Crippen molar-refractivity contribution in [2.24, 2.45) is 0 Å². The van der Waals surface area contributed by atoms with Gasteiger partial charge in [0.2, 0.25) is 0 Å². The van der Waals surface area contributed by atoms with E-state index in [2.05, 4.69) is 0 Å². The minimum atomic E-state index is -4.09. The van der Waals surface area contributed by atoms with Gasteiger partial charge in [0, 0.05) is 12.0 Å². The lowest BCUT2D eigenvalue weighted by Gasteiger charge is -2.14. The van der Waals surface area contributed by atoms with Crippen molar-refractivity contribution >= 4 is 15.9 Å². The molecule has 1 N–H and O–H groups in total. The molecule has 18 heavy (non-hydrogen) atoms. The molecular formula is C13H18O4S. The van der Waals surface area contributed by atoms with Crippen LogP contribution in [0.3, 0.4) is 0 Å². The van der Waals surface area contributed by atoms with Crippen molar-refractivity contribution in [3.63, 3.8) is 0 Å². The lowest BCUT2D eigenvalue weighted by Crippen LogP contribution is -2.13. The monoisotopic (exact) mass is 270 g/mol. The molecule has 0 atom stereocenters. The number of hydrogen-bond donors (Lipinski definition) is 1. The van der Waals surface area contributed by atoms with Crippen molar-refractivity contribution < 1.29 is 17.8 Å². The quantitative estimate of drug-likeness (QED) is 0.673. The molecule has 1 aromatic carbocycles. The zero-order valence-electron chi connectivity index (χ0n) is 11.1. The third-order valence-corrected chi connectivity index (χ3v) is 3.95. The molecule has 0 saturated carbocycles. The molecule has 0 heterocycles. The van der Waals surface area contributed by atoms with Crippen LogP contribution in [0.5, 0.6) is 0 Å². The van der Waals surface area contributed by atoms with Crippen molar-refractivity contribution in [1.29, 1.82) is 0 Å². The van der Waals surface area contributed by atoms with Crippen molar-refractivity contribution in [3.8, 4) is 0 Å². The smallest absolute Gasteiger partial charge is 0.265 e. The first-order chi connectivity index (χ1) is 8.13. The van der Waals surface area contributed by atoms with Crippen LogP contribution in [-0.4, -0.2) is 24.5 Å². The van der Waals surface area contributed by atoms with E-state index in [9.17, 15) is 13.2 Å². The number of aryl methyl sites for hydroxylation is 2. The van der Waals surface area contributed by atoms with Crippen LogP contribution in [0.1, 0.15) is 39.0 Å². The van der Waals surface area contributed by atoms with Crippen molar-refractivity contribution in [3.05, 3.63) is 33.9 Å². The standard InChI is InChI=1S/C13H18O4S/c1-8-7-9(2)11(4)13(10(8)3)12(14)5-6-18(15,16)17/h7H,5-6H2,1-4H3,(H,15,16,17). The number of carbonyl (C=O) groups excluding carboxylic acids is 1. The Morgan fingerprint density at radius 1 is 1.11 bits per heavy atom. The number of hydrogen-bond acceptors (Lipinski definition) is 3. The van der Waals surface area contributed by atoms with Crippen LogP contribution in [0.25, 0.3) is 0 Å². The molecule has 0 spiro atoms. The van der Waals surface area contributed by atoms with E-state index in [1.165, 1.54) is 0 Å². The van der Waals surface area contributed by atoms with Gasteiger partial charge in [-0.05, 0) is 49.9 Å². The van der Waals surface area contributed by atoms with Crippen LogP contribution >= 0.6 is 0 Å². The highest BCUT2D eigenvalue weighted by Crippen LogP contribution is 2.23. The van der Waals surface area contributed by atoms with Gasteiger partial charge in [-0.15, -0.1) is 0 Å². The largest absolute Gasteiger partial charge is 0.294 e. The summed E-state index contributed by atoms with van der Waals surface area (Å²) in [5.74, 6) is -0.771. The lowest BCUT2D eigenvalue weighted by molar-refractivity contribution is 0.0986. The van der Waals surface area contributed by atoms with Gasteiger partial charge in [-0.25, -0.2) is 0 Å². The van der Waals surface area contributed by atoms with E-state index in [0.29, 0.717) is 5.56 Å². The number of carbonyl (C=O) groups is 1. The number of rotatable bonds is 4. The fraction of sp³-hybridized carbons (Fsp3) is 0.462. The summed E-state index contributed by atoms with van der Waals surface area (Å²) >= 11 is 0. The SMILES string of the molecule is Cc1cc(C)c(C)c(C(=O)CCS(=O)(=O)O)c1C. The maximum absolute atomic E-state index is 12.1. The minimum absolute atomic E-state index is 0.191. The molecular weight excluding hydrogens is 252 g/mol. The van der Waals surface area contributed by atoms with E-state index in [1.54, 1.807) is 0 Å². The Hall–Kier alpha value is -1.20. The fourth-order valence-electron chi connectivity index (χ4n) is 1.98. The van der Waals surface area contributed by atoms with Crippen LogP contribution < -0.4 is 0 Å². The Morgan fingerprint density at radius 2 is 1.56 bits per heavy atom. The molecule has 1 aromatic rings. The van der Waals surface area contributed by atoms with Gasteiger partial charge in [-0.2, -0.15) is 8.42 Å². The summed E-state index contributed by atoms with van der Waals surface area (Å²) in [4.78, 5) is 12.1. The molecule has 1 rings (SSSR count). The summed E-state index contributed by atoms with van der Waals surface area (Å²) in [6.07, 6.45) is -0.191. The van der Waals surface area contributed by atoms with Crippen molar-refractivity contribution in [1.82, 2.24) is 0 Å². The second kappa shape index (κ2) is 5.20. The highest BCUT2D eigenvalue weighted by atomic mass is 32.2. The van der Waals surface area contributed by atoms with E-state index in [1.807, 2.05) is 33.8 Å². The van der Waals surface area contributed by atoms with E-state index < -0.39 is 15.9 Å². The maximum atomic E-state index is 12.1. The third kappa shape index (κ3) is 3.40. The zero-order valence-corrected chi connectivity index (χ0v) is 11.9. The summed E-state index contributed by atoms with van der Waals surface area (Å²) in [6.45, 7) is 7.54. The normalized spacial score (nSPS) is 11.6. The average Bonchev–Trinajstić information content (AvgIpc) is 2.23. The second-order valence-electron chi connectivity index (χ2n) is 4.59. The minimum Gasteiger partial charge on any atom is -0.294 e. The Kier molecular flexibility index (Phi) is 4.29. The molecule has 0 amide bonds. The molecule has 5 heteroatoms. The molecule has 0 aliphatic heterocycles. The molecule has 0 aliphatic carbocycles.